The van der Waals surface area contributed by atoms with E-state index in [1.54, 1.807) is 0 Å². The van der Waals surface area contributed by atoms with Crippen molar-refractivity contribution in [3.05, 3.63) is 83.9 Å². The Hall–Kier alpha value is -3.40. The van der Waals surface area contributed by atoms with Gasteiger partial charge in [-0.1, -0.05) is 50.2 Å². The van der Waals surface area contributed by atoms with Gasteiger partial charge in [0.15, 0.2) is 0 Å². The molecule has 0 aliphatic carbocycles. The zero-order valence-electron chi connectivity index (χ0n) is 16.1. The molecule has 1 amide bonds. The van der Waals surface area contributed by atoms with Crippen molar-refractivity contribution in [2.75, 3.05) is 5.32 Å². The molecule has 0 spiro atoms. The summed E-state index contributed by atoms with van der Waals surface area (Å²) in [6, 6.07) is 23.9. The molecule has 3 aromatic carbocycles. The number of anilines is 1. The fraction of sp³-hybridized carbons (Fsp3) is 0.167. The Morgan fingerprint density at radius 1 is 0.964 bits per heavy atom. The van der Waals surface area contributed by atoms with Crippen LogP contribution >= 0.6 is 0 Å². The molecule has 0 saturated heterocycles. The van der Waals surface area contributed by atoms with E-state index in [4.69, 9.17) is 0 Å². The molecule has 0 unspecified atom stereocenters. The first kappa shape index (κ1) is 18.0. The standard InChI is InChI=1S/C24H23N3O/c1-16(2)18-9-7-17(8-10-18)15-23(28)25-20-13-11-19(12-14-20)24-26-21-5-3-4-6-22(21)27-24/h3-14,16H,15H2,1-2H3,(H,25,28)(H,26,27). The third kappa shape index (κ3) is 3.96. The quantitative estimate of drug-likeness (QED) is 0.486. The van der Waals surface area contributed by atoms with Crippen LogP contribution in [0.3, 0.4) is 0 Å². The van der Waals surface area contributed by atoms with E-state index < -0.39 is 0 Å². The predicted molar refractivity (Wildman–Crippen MR) is 114 cm³/mol. The van der Waals surface area contributed by atoms with E-state index in [9.17, 15) is 4.79 Å². The first-order chi connectivity index (χ1) is 13.6. The van der Waals surface area contributed by atoms with E-state index in [0.29, 0.717) is 12.3 Å². The van der Waals surface area contributed by atoms with Gasteiger partial charge in [-0.3, -0.25) is 4.79 Å². The molecule has 0 aliphatic rings. The number of nitrogens with zero attached hydrogens (tertiary/aromatic N) is 1. The van der Waals surface area contributed by atoms with E-state index in [1.165, 1.54) is 5.56 Å². The highest BCUT2D eigenvalue weighted by molar-refractivity contribution is 5.92. The highest BCUT2D eigenvalue weighted by Crippen LogP contribution is 2.22. The van der Waals surface area contributed by atoms with Crippen molar-refractivity contribution >= 4 is 22.6 Å². The van der Waals surface area contributed by atoms with Gasteiger partial charge in [-0.2, -0.15) is 0 Å². The van der Waals surface area contributed by atoms with Crippen LogP contribution in [0.5, 0.6) is 0 Å². The summed E-state index contributed by atoms with van der Waals surface area (Å²) in [7, 11) is 0. The number of rotatable bonds is 5. The molecule has 1 heterocycles. The van der Waals surface area contributed by atoms with Gasteiger partial charge in [-0.15, -0.1) is 0 Å². The fourth-order valence-corrected chi connectivity index (χ4v) is 3.21. The van der Waals surface area contributed by atoms with Crippen molar-refractivity contribution < 1.29 is 4.79 Å². The maximum Gasteiger partial charge on any atom is 0.228 e. The molecule has 2 N–H and O–H groups in total. The maximum atomic E-state index is 12.3. The van der Waals surface area contributed by atoms with Crippen molar-refractivity contribution in [2.24, 2.45) is 0 Å². The van der Waals surface area contributed by atoms with Crippen LogP contribution in [-0.4, -0.2) is 15.9 Å². The van der Waals surface area contributed by atoms with Crippen molar-refractivity contribution in [2.45, 2.75) is 26.2 Å². The lowest BCUT2D eigenvalue weighted by molar-refractivity contribution is -0.115. The molecule has 4 rings (SSSR count). The summed E-state index contributed by atoms with van der Waals surface area (Å²) in [4.78, 5) is 20.3. The van der Waals surface area contributed by atoms with Gasteiger partial charge < -0.3 is 10.3 Å². The first-order valence-corrected chi connectivity index (χ1v) is 9.52. The molecule has 4 aromatic rings. The van der Waals surface area contributed by atoms with Crippen molar-refractivity contribution in [3.8, 4) is 11.4 Å². The molecule has 0 atom stereocenters. The normalized spacial score (nSPS) is 11.1. The first-order valence-electron chi connectivity index (χ1n) is 9.52. The summed E-state index contributed by atoms with van der Waals surface area (Å²) < 4.78 is 0. The van der Waals surface area contributed by atoms with Crippen LogP contribution < -0.4 is 5.32 Å². The predicted octanol–water partition coefficient (Wildman–Crippen LogP) is 5.53. The number of benzene rings is 3. The second-order valence-electron chi connectivity index (χ2n) is 7.30. The van der Waals surface area contributed by atoms with Crippen LogP contribution in [0.2, 0.25) is 0 Å². The number of imidazole rings is 1. The maximum absolute atomic E-state index is 12.3. The van der Waals surface area contributed by atoms with Gasteiger partial charge in [0, 0.05) is 11.3 Å². The summed E-state index contributed by atoms with van der Waals surface area (Å²) in [6.07, 6.45) is 0.365. The summed E-state index contributed by atoms with van der Waals surface area (Å²) >= 11 is 0. The lowest BCUT2D eigenvalue weighted by Gasteiger charge is -2.08. The monoisotopic (exact) mass is 369 g/mol. The highest BCUT2D eigenvalue weighted by atomic mass is 16.1. The lowest BCUT2D eigenvalue weighted by Crippen LogP contribution is -2.14. The van der Waals surface area contributed by atoms with Gasteiger partial charge in [0.1, 0.15) is 5.82 Å². The van der Waals surface area contributed by atoms with Crippen LogP contribution in [0.1, 0.15) is 30.9 Å². The zero-order chi connectivity index (χ0) is 19.5. The number of aromatic nitrogens is 2. The SMILES string of the molecule is CC(C)c1ccc(CC(=O)Nc2ccc(-c3nc4ccccc4[nH]3)cc2)cc1. The summed E-state index contributed by atoms with van der Waals surface area (Å²) in [5, 5.41) is 2.96. The number of carbonyl (C=O) groups is 1. The van der Waals surface area contributed by atoms with E-state index in [0.717, 1.165) is 33.7 Å². The van der Waals surface area contributed by atoms with Crippen LogP contribution in [0.4, 0.5) is 5.69 Å². The zero-order valence-corrected chi connectivity index (χ0v) is 16.1. The van der Waals surface area contributed by atoms with E-state index in [1.807, 2.05) is 60.7 Å². The van der Waals surface area contributed by atoms with Gasteiger partial charge in [-0.05, 0) is 53.4 Å². The summed E-state index contributed by atoms with van der Waals surface area (Å²) in [5.41, 5.74) is 6.02. The molecule has 0 fully saturated rings. The third-order valence-electron chi connectivity index (χ3n) is 4.84. The second-order valence-corrected chi connectivity index (χ2v) is 7.30. The molecule has 0 aliphatic heterocycles. The minimum Gasteiger partial charge on any atom is -0.338 e. The molecular weight excluding hydrogens is 346 g/mol. The van der Waals surface area contributed by atoms with Crippen LogP contribution in [-0.2, 0) is 11.2 Å². The van der Waals surface area contributed by atoms with Gasteiger partial charge >= 0.3 is 0 Å². The number of fused-ring (bicyclic) bond motifs is 1. The molecule has 0 radical (unpaired) electrons. The molecule has 0 saturated carbocycles. The Labute approximate surface area is 164 Å². The number of carbonyl (C=O) groups excluding carboxylic acids is 1. The number of aromatic amines is 1. The number of H-pyrrole nitrogens is 1. The third-order valence-corrected chi connectivity index (χ3v) is 4.84. The molecule has 28 heavy (non-hydrogen) atoms. The van der Waals surface area contributed by atoms with Gasteiger partial charge in [0.25, 0.3) is 0 Å². The van der Waals surface area contributed by atoms with Gasteiger partial charge in [0.05, 0.1) is 17.5 Å². The van der Waals surface area contributed by atoms with Gasteiger partial charge in [-0.25, -0.2) is 4.98 Å². The lowest BCUT2D eigenvalue weighted by atomic mass is 10.0. The van der Waals surface area contributed by atoms with E-state index in [-0.39, 0.29) is 5.91 Å². The van der Waals surface area contributed by atoms with E-state index in [2.05, 4.69) is 41.3 Å². The molecule has 4 nitrogen and oxygen atoms in total. The van der Waals surface area contributed by atoms with Crippen molar-refractivity contribution in [1.82, 2.24) is 9.97 Å². The Morgan fingerprint density at radius 2 is 1.68 bits per heavy atom. The Kier molecular flexibility index (Phi) is 4.94. The largest absolute Gasteiger partial charge is 0.338 e. The number of hydrogen-bond donors (Lipinski definition) is 2. The van der Waals surface area contributed by atoms with Crippen LogP contribution in [0.15, 0.2) is 72.8 Å². The smallest absolute Gasteiger partial charge is 0.228 e. The average molecular weight is 369 g/mol. The fourth-order valence-electron chi connectivity index (χ4n) is 3.21. The Bertz CT molecular complexity index is 1060. The molecule has 0 bridgehead atoms. The average Bonchev–Trinajstić information content (AvgIpc) is 3.13. The number of nitrogens with one attached hydrogen (secondary N) is 2. The van der Waals surface area contributed by atoms with Crippen LogP contribution in [0, 0.1) is 0 Å². The number of para-hydroxylation sites is 2. The molecule has 4 heteroatoms. The van der Waals surface area contributed by atoms with Crippen LogP contribution in [0.25, 0.3) is 22.4 Å². The number of amides is 1. The molecule has 140 valence electrons. The number of hydrogen-bond acceptors (Lipinski definition) is 2. The van der Waals surface area contributed by atoms with Gasteiger partial charge in [0.2, 0.25) is 5.91 Å². The second kappa shape index (κ2) is 7.69. The van der Waals surface area contributed by atoms with Crippen molar-refractivity contribution in [1.29, 1.82) is 0 Å². The highest BCUT2D eigenvalue weighted by Gasteiger charge is 2.08. The summed E-state index contributed by atoms with van der Waals surface area (Å²) in [5.74, 6) is 1.30. The molecular formula is C24H23N3O. The minimum atomic E-state index is -0.0196. The Balaban J connectivity index is 1.41. The molecule has 1 aromatic heterocycles. The topological polar surface area (TPSA) is 57.8 Å². The summed E-state index contributed by atoms with van der Waals surface area (Å²) in [6.45, 7) is 4.33. The minimum absolute atomic E-state index is 0.0196. The van der Waals surface area contributed by atoms with E-state index >= 15 is 0 Å². The Morgan fingerprint density at radius 3 is 2.36 bits per heavy atom. The van der Waals surface area contributed by atoms with Crippen molar-refractivity contribution in [3.63, 3.8) is 0 Å².